The molecule has 0 saturated carbocycles. The summed E-state index contributed by atoms with van der Waals surface area (Å²) in [6.45, 7) is 3.98. The monoisotopic (exact) mass is 364 g/mol. The molecule has 7 heteroatoms. The Labute approximate surface area is 156 Å². The Morgan fingerprint density at radius 1 is 1.00 bits per heavy atom. The Kier molecular flexibility index (Phi) is 4.58. The molecule has 0 atom stereocenters. The highest BCUT2D eigenvalue weighted by Gasteiger charge is 2.24. The summed E-state index contributed by atoms with van der Waals surface area (Å²) in [5.41, 5.74) is 2.36. The van der Waals surface area contributed by atoms with E-state index in [1.54, 1.807) is 59.3 Å². The van der Waals surface area contributed by atoms with Crippen LogP contribution in [-0.4, -0.2) is 57.8 Å². The van der Waals surface area contributed by atoms with Crippen LogP contribution >= 0.6 is 0 Å². The Morgan fingerprint density at radius 3 is 2.52 bits per heavy atom. The summed E-state index contributed by atoms with van der Waals surface area (Å²) in [6, 6.07) is 10.6. The van der Waals surface area contributed by atoms with Gasteiger partial charge >= 0.3 is 0 Å². The topological polar surface area (TPSA) is 79.5 Å². The molecule has 0 N–H and O–H groups in total. The van der Waals surface area contributed by atoms with Crippen LogP contribution in [0.25, 0.3) is 11.1 Å². The summed E-state index contributed by atoms with van der Waals surface area (Å²) in [4.78, 5) is 37.4. The largest absolute Gasteiger partial charge is 0.441 e. The summed E-state index contributed by atoms with van der Waals surface area (Å²) in [6.07, 6.45) is 2.34. The SMILES string of the molecule is Cc1nc2ccc(C(=O)N3CCCN(C(=O)c4ccccn4)CC3)cc2o1. The van der Waals surface area contributed by atoms with Crippen molar-refractivity contribution in [2.75, 3.05) is 26.2 Å². The third kappa shape index (κ3) is 3.53. The fourth-order valence-corrected chi connectivity index (χ4v) is 3.33. The molecule has 2 aromatic heterocycles. The number of oxazole rings is 1. The van der Waals surface area contributed by atoms with E-state index in [4.69, 9.17) is 4.42 Å². The zero-order valence-corrected chi connectivity index (χ0v) is 15.1. The molecule has 3 aromatic rings. The van der Waals surface area contributed by atoms with E-state index in [9.17, 15) is 9.59 Å². The summed E-state index contributed by atoms with van der Waals surface area (Å²) in [5.74, 6) is 0.426. The molecule has 0 unspecified atom stereocenters. The number of fused-ring (bicyclic) bond motifs is 1. The zero-order valence-electron chi connectivity index (χ0n) is 15.1. The van der Waals surface area contributed by atoms with Gasteiger partial charge in [-0.2, -0.15) is 0 Å². The fraction of sp³-hybridized carbons (Fsp3) is 0.300. The zero-order chi connectivity index (χ0) is 18.8. The second kappa shape index (κ2) is 7.19. The molecular formula is C20H20N4O3. The Morgan fingerprint density at radius 2 is 1.78 bits per heavy atom. The number of hydrogen-bond acceptors (Lipinski definition) is 5. The number of benzene rings is 1. The molecule has 0 bridgehead atoms. The minimum Gasteiger partial charge on any atom is -0.441 e. The lowest BCUT2D eigenvalue weighted by atomic mass is 10.1. The van der Waals surface area contributed by atoms with Crippen LogP contribution in [0.1, 0.15) is 33.2 Å². The van der Waals surface area contributed by atoms with Crippen LogP contribution in [0.4, 0.5) is 0 Å². The molecular weight excluding hydrogens is 344 g/mol. The van der Waals surface area contributed by atoms with E-state index < -0.39 is 0 Å². The molecule has 27 heavy (non-hydrogen) atoms. The first-order valence-corrected chi connectivity index (χ1v) is 8.98. The van der Waals surface area contributed by atoms with Crippen molar-refractivity contribution in [3.8, 4) is 0 Å². The maximum Gasteiger partial charge on any atom is 0.272 e. The minimum atomic E-state index is -0.0940. The van der Waals surface area contributed by atoms with Crippen molar-refractivity contribution < 1.29 is 14.0 Å². The Bertz CT molecular complexity index is 983. The highest BCUT2D eigenvalue weighted by atomic mass is 16.3. The third-order valence-corrected chi connectivity index (χ3v) is 4.70. The number of pyridine rings is 1. The van der Waals surface area contributed by atoms with Gasteiger partial charge in [0.15, 0.2) is 11.5 Å². The molecule has 0 aliphatic carbocycles. The first-order chi connectivity index (χ1) is 13.1. The normalized spacial score (nSPS) is 15.0. The molecule has 1 aliphatic rings. The highest BCUT2D eigenvalue weighted by molar-refractivity contribution is 5.97. The highest BCUT2D eigenvalue weighted by Crippen LogP contribution is 2.19. The summed E-state index contributed by atoms with van der Waals surface area (Å²) in [7, 11) is 0. The maximum atomic E-state index is 12.9. The average Bonchev–Trinajstić information content (AvgIpc) is 2.90. The van der Waals surface area contributed by atoms with Gasteiger partial charge in [-0.15, -0.1) is 0 Å². The number of rotatable bonds is 2. The standard InChI is InChI=1S/C20H20N4O3/c1-14-22-16-7-6-15(13-18(16)27-14)19(25)23-9-4-10-24(12-11-23)20(26)17-5-2-3-8-21-17/h2-3,5-8,13H,4,9-12H2,1H3. The fourth-order valence-electron chi connectivity index (χ4n) is 3.33. The van der Waals surface area contributed by atoms with Gasteiger partial charge in [-0.25, -0.2) is 4.98 Å². The van der Waals surface area contributed by atoms with Gasteiger partial charge in [0.25, 0.3) is 11.8 Å². The van der Waals surface area contributed by atoms with Gasteiger partial charge in [0, 0.05) is 44.9 Å². The van der Waals surface area contributed by atoms with Crippen molar-refractivity contribution in [2.45, 2.75) is 13.3 Å². The van der Waals surface area contributed by atoms with E-state index in [1.165, 1.54) is 0 Å². The van der Waals surface area contributed by atoms with Crippen molar-refractivity contribution in [3.05, 3.63) is 59.7 Å². The van der Waals surface area contributed by atoms with E-state index >= 15 is 0 Å². The predicted molar refractivity (Wildman–Crippen MR) is 99.4 cm³/mol. The number of aryl methyl sites for hydroxylation is 1. The van der Waals surface area contributed by atoms with Crippen LogP contribution in [0.3, 0.4) is 0 Å². The van der Waals surface area contributed by atoms with Crippen LogP contribution in [0, 0.1) is 6.92 Å². The van der Waals surface area contributed by atoms with E-state index in [2.05, 4.69) is 9.97 Å². The van der Waals surface area contributed by atoms with Crippen molar-refractivity contribution in [1.82, 2.24) is 19.8 Å². The molecule has 138 valence electrons. The van der Waals surface area contributed by atoms with Crippen LogP contribution < -0.4 is 0 Å². The lowest BCUT2D eigenvalue weighted by Crippen LogP contribution is -2.37. The Hall–Kier alpha value is -3.22. The molecule has 2 amide bonds. The van der Waals surface area contributed by atoms with Gasteiger partial charge in [-0.3, -0.25) is 14.6 Å². The second-order valence-corrected chi connectivity index (χ2v) is 6.57. The maximum absolute atomic E-state index is 12.9. The first-order valence-electron chi connectivity index (χ1n) is 8.98. The first kappa shape index (κ1) is 17.2. The number of carbonyl (C=O) groups excluding carboxylic acids is 2. The van der Waals surface area contributed by atoms with E-state index in [0.29, 0.717) is 48.9 Å². The van der Waals surface area contributed by atoms with Crippen LogP contribution in [0.5, 0.6) is 0 Å². The van der Waals surface area contributed by atoms with Crippen molar-refractivity contribution in [2.24, 2.45) is 0 Å². The summed E-state index contributed by atoms with van der Waals surface area (Å²) in [5, 5.41) is 0. The number of carbonyl (C=O) groups is 2. The predicted octanol–water partition coefficient (Wildman–Crippen LogP) is 2.52. The van der Waals surface area contributed by atoms with E-state index in [-0.39, 0.29) is 11.8 Å². The smallest absolute Gasteiger partial charge is 0.272 e. The number of nitrogens with zero attached hydrogens (tertiary/aromatic N) is 4. The number of aromatic nitrogens is 2. The summed E-state index contributed by atoms with van der Waals surface area (Å²) < 4.78 is 5.53. The van der Waals surface area contributed by atoms with Gasteiger partial charge in [0.05, 0.1) is 0 Å². The van der Waals surface area contributed by atoms with Gasteiger partial charge in [0.1, 0.15) is 11.2 Å². The van der Waals surface area contributed by atoms with Crippen LogP contribution in [0.2, 0.25) is 0 Å². The molecule has 0 radical (unpaired) electrons. The molecule has 4 rings (SSSR count). The van der Waals surface area contributed by atoms with Crippen LogP contribution in [0.15, 0.2) is 47.0 Å². The minimum absolute atomic E-state index is 0.0573. The second-order valence-electron chi connectivity index (χ2n) is 6.57. The van der Waals surface area contributed by atoms with Crippen molar-refractivity contribution in [1.29, 1.82) is 0 Å². The van der Waals surface area contributed by atoms with Gasteiger partial charge in [-0.05, 0) is 36.8 Å². The molecule has 1 aromatic carbocycles. The number of hydrogen-bond donors (Lipinski definition) is 0. The van der Waals surface area contributed by atoms with Gasteiger partial charge < -0.3 is 14.2 Å². The van der Waals surface area contributed by atoms with Crippen LogP contribution in [-0.2, 0) is 0 Å². The van der Waals surface area contributed by atoms with E-state index in [0.717, 1.165) is 11.9 Å². The molecule has 0 spiro atoms. The van der Waals surface area contributed by atoms with Crippen molar-refractivity contribution in [3.63, 3.8) is 0 Å². The Balaban J connectivity index is 1.47. The van der Waals surface area contributed by atoms with Gasteiger partial charge in [-0.1, -0.05) is 6.07 Å². The third-order valence-electron chi connectivity index (χ3n) is 4.70. The molecule has 7 nitrogen and oxygen atoms in total. The number of amides is 2. The molecule has 1 saturated heterocycles. The molecule has 1 fully saturated rings. The average molecular weight is 364 g/mol. The lowest BCUT2D eigenvalue weighted by Gasteiger charge is -2.22. The molecule has 1 aliphatic heterocycles. The van der Waals surface area contributed by atoms with E-state index in [1.807, 2.05) is 0 Å². The molecule has 3 heterocycles. The van der Waals surface area contributed by atoms with Gasteiger partial charge in [0.2, 0.25) is 0 Å². The quantitative estimate of drug-likeness (QED) is 0.698. The lowest BCUT2D eigenvalue weighted by molar-refractivity contribution is 0.0716. The summed E-state index contributed by atoms with van der Waals surface area (Å²) >= 11 is 0. The van der Waals surface area contributed by atoms with Crippen molar-refractivity contribution >= 4 is 22.9 Å².